The number of alkyl halides is 3. The molecule has 1 aromatic rings. The predicted octanol–water partition coefficient (Wildman–Crippen LogP) is 1.87. The molecule has 2 unspecified atom stereocenters. The van der Waals surface area contributed by atoms with E-state index in [9.17, 15) is 18.0 Å². The summed E-state index contributed by atoms with van der Waals surface area (Å²) < 4.78 is 55.7. The van der Waals surface area contributed by atoms with E-state index in [1.165, 1.54) is 6.07 Å². The van der Waals surface area contributed by atoms with Crippen LogP contribution in [0.4, 0.5) is 18.0 Å². The van der Waals surface area contributed by atoms with E-state index in [-0.39, 0.29) is 89.5 Å². The molecule has 160 valence electrons. The molecule has 0 radical (unpaired) electrons. The molecule has 2 atom stereocenters. The van der Waals surface area contributed by atoms with Gasteiger partial charge in [0.15, 0.2) is 0 Å². The molecule has 1 amide bonds. The molecule has 0 bridgehead atoms. The minimum Gasteiger partial charge on any atom is -0.444 e. The van der Waals surface area contributed by atoms with Crippen LogP contribution in [0.3, 0.4) is 0 Å². The SMILES string of the molecule is C[CH-]COC1COCc2cc(C(F)(F)F)ccc2C1NC(=O)OC(C)(C)C.[CH3-].[Cs+]. The summed E-state index contributed by atoms with van der Waals surface area (Å²) in [5, 5.41) is 2.73. The minimum absolute atomic E-state index is 0. The predicted molar refractivity (Wildman–Crippen MR) is 99.3 cm³/mol. The number of amides is 1. The van der Waals surface area contributed by atoms with Gasteiger partial charge in [-0.2, -0.15) is 20.1 Å². The Bertz CT molecular complexity index is 662. The van der Waals surface area contributed by atoms with Crippen LogP contribution in [0.15, 0.2) is 18.2 Å². The van der Waals surface area contributed by atoms with Crippen LogP contribution in [0.25, 0.3) is 0 Å². The number of rotatable bonds is 4. The van der Waals surface area contributed by atoms with Crippen molar-refractivity contribution in [1.82, 2.24) is 5.32 Å². The summed E-state index contributed by atoms with van der Waals surface area (Å²) in [6.45, 7) is 7.45. The fraction of sp³-hybridized carbons (Fsp3) is 0.550. The molecule has 0 fully saturated rings. The molecule has 0 saturated heterocycles. The van der Waals surface area contributed by atoms with Crippen LogP contribution in [0.2, 0.25) is 0 Å². The third-order valence-electron chi connectivity index (χ3n) is 3.87. The first-order valence-electron chi connectivity index (χ1n) is 8.68. The second-order valence-electron chi connectivity index (χ2n) is 7.33. The van der Waals surface area contributed by atoms with Gasteiger partial charge in [-0.3, -0.25) is 0 Å². The van der Waals surface area contributed by atoms with Gasteiger partial charge in [0.2, 0.25) is 0 Å². The van der Waals surface area contributed by atoms with Crippen LogP contribution in [0.1, 0.15) is 50.4 Å². The number of carbonyl (C=O) groups excluding carboxylic acids is 1. The smallest absolute Gasteiger partial charge is 0.444 e. The number of halogens is 3. The van der Waals surface area contributed by atoms with Crippen LogP contribution in [0, 0.1) is 13.8 Å². The molecule has 0 aromatic heterocycles. The molecule has 1 aliphatic rings. The molecule has 1 aromatic carbocycles. The molecule has 5 nitrogen and oxygen atoms in total. The maximum Gasteiger partial charge on any atom is 1.00 e. The Kier molecular flexibility index (Phi) is 12.4. The molecule has 1 heterocycles. The van der Waals surface area contributed by atoms with E-state index < -0.39 is 35.6 Å². The van der Waals surface area contributed by atoms with Gasteiger partial charge in [-0.05, 0) is 44.0 Å². The van der Waals surface area contributed by atoms with Crippen molar-refractivity contribution in [3.63, 3.8) is 0 Å². The zero-order valence-corrected chi connectivity index (χ0v) is 24.1. The Hall–Kier alpha value is 0.252. The van der Waals surface area contributed by atoms with Crippen LogP contribution >= 0.6 is 0 Å². The van der Waals surface area contributed by atoms with Crippen molar-refractivity contribution in [2.45, 2.75) is 58.2 Å². The average molecular weight is 536 g/mol. The summed E-state index contributed by atoms with van der Waals surface area (Å²) in [6.07, 6.45) is -3.90. The van der Waals surface area contributed by atoms with Crippen LogP contribution in [-0.4, -0.2) is 31.0 Å². The van der Waals surface area contributed by atoms with Crippen molar-refractivity contribution in [1.29, 1.82) is 0 Å². The van der Waals surface area contributed by atoms with E-state index in [1.807, 2.05) is 6.92 Å². The molecule has 1 aliphatic heterocycles. The van der Waals surface area contributed by atoms with E-state index in [4.69, 9.17) is 14.2 Å². The monoisotopic (exact) mass is 536 g/mol. The number of fused-ring (bicyclic) bond motifs is 1. The van der Waals surface area contributed by atoms with Crippen molar-refractivity contribution in [2.75, 3.05) is 13.2 Å². The Morgan fingerprint density at radius 1 is 1.31 bits per heavy atom. The summed E-state index contributed by atoms with van der Waals surface area (Å²) in [4.78, 5) is 12.3. The number of carbonyl (C=O) groups is 1. The molecule has 2 rings (SSSR count). The fourth-order valence-electron chi connectivity index (χ4n) is 2.76. The van der Waals surface area contributed by atoms with Crippen molar-refractivity contribution >= 4 is 6.09 Å². The first-order chi connectivity index (χ1) is 12.5. The van der Waals surface area contributed by atoms with Crippen molar-refractivity contribution < 1.29 is 101 Å². The van der Waals surface area contributed by atoms with E-state index in [0.717, 1.165) is 12.1 Å². The normalized spacial score (nSPS) is 19.1. The number of hydrogen-bond acceptors (Lipinski definition) is 4. The van der Waals surface area contributed by atoms with Gasteiger partial charge in [0, 0.05) is 0 Å². The second kappa shape index (κ2) is 12.3. The van der Waals surface area contributed by atoms with E-state index in [0.29, 0.717) is 17.7 Å². The van der Waals surface area contributed by atoms with Gasteiger partial charge in [0.1, 0.15) is 11.7 Å². The first kappa shape index (κ1) is 29.3. The molecule has 9 heteroatoms. The number of hydrogen-bond donors (Lipinski definition) is 1. The Balaban J connectivity index is 0.00000392. The third kappa shape index (κ3) is 9.10. The molecule has 0 saturated carbocycles. The zero-order chi connectivity index (χ0) is 20.2. The Morgan fingerprint density at radius 3 is 2.52 bits per heavy atom. The summed E-state index contributed by atoms with van der Waals surface area (Å²) in [5.74, 6) is 0. The maximum atomic E-state index is 13.0. The van der Waals surface area contributed by atoms with Crippen LogP contribution in [0.5, 0.6) is 0 Å². The van der Waals surface area contributed by atoms with E-state index in [2.05, 4.69) is 5.32 Å². The third-order valence-corrected chi connectivity index (χ3v) is 3.87. The number of ether oxygens (including phenoxy) is 3. The summed E-state index contributed by atoms with van der Waals surface area (Å²) in [5.41, 5.74) is -0.589. The summed E-state index contributed by atoms with van der Waals surface area (Å²) >= 11 is 0. The van der Waals surface area contributed by atoms with Gasteiger partial charge in [0.05, 0.1) is 24.8 Å². The molecular formula is C20H28CsF3NO4-. The quantitative estimate of drug-likeness (QED) is 0.598. The van der Waals surface area contributed by atoms with E-state index >= 15 is 0 Å². The zero-order valence-electron chi connectivity index (χ0n) is 17.9. The Labute approximate surface area is 229 Å². The average Bonchev–Trinajstić information content (AvgIpc) is 2.69. The topological polar surface area (TPSA) is 56.8 Å². The maximum absolute atomic E-state index is 13.0. The number of benzene rings is 1. The summed E-state index contributed by atoms with van der Waals surface area (Å²) in [6, 6.07) is 2.71. The minimum atomic E-state index is -4.46. The number of nitrogens with one attached hydrogen (secondary N) is 1. The van der Waals surface area contributed by atoms with Gasteiger partial charge in [-0.25, -0.2) is 4.79 Å². The standard InChI is InChI=1S/C19H25F3NO4.CH3.Cs/c1-5-8-26-15-11-25-10-12-9-13(19(20,21)22)6-7-14(12)16(15)23-17(24)27-18(2,3)4;;/h5-7,9,15-16H,8,10-11H2,1-4H3,(H,23,24);1H3;/q2*-1;+1. The summed E-state index contributed by atoms with van der Waals surface area (Å²) in [7, 11) is 0. The molecule has 29 heavy (non-hydrogen) atoms. The van der Waals surface area contributed by atoms with Gasteiger partial charge < -0.3 is 33.4 Å². The molecular weight excluding hydrogens is 508 g/mol. The van der Waals surface area contributed by atoms with Gasteiger partial charge in [-0.15, -0.1) is 0 Å². The van der Waals surface area contributed by atoms with Gasteiger partial charge in [0.25, 0.3) is 0 Å². The van der Waals surface area contributed by atoms with Crippen LogP contribution in [-0.2, 0) is 27.0 Å². The van der Waals surface area contributed by atoms with Gasteiger partial charge in [-0.1, -0.05) is 12.7 Å². The number of alkyl carbamates (subject to hydrolysis) is 1. The van der Waals surface area contributed by atoms with Crippen molar-refractivity contribution in [3.05, 3.63) is 48.7 Å². The molecule has 0 spiro atoms. The Morgan fingerprint density at radius 2 is 1.97 bits per heavy atom. The van der Waals surface area contributed by atoms with Crippen LogP contribution < -0.4 is 74.2 Å². The largest absolute Gasteiger partial charge is 1.00 e. The fourth-order valence-corrected chi connectivity index (χ4v) is 2.76. The first-order valence-corrected chi connectivity index (χ1v) is 8.68. The second-order valence-corrected chi connectivity index (χ2v) is 7.33. The van der Waals surface area contributed by atoms with E-state index in [1.54, 1.807) is 27.2 Å². The van der Waals surface area contributed by atoms with Crippen molar-refractivity contribution in [3.8, 4) is 0 Å². The van der Waals surface area contributed by atoms with Crippen molar-refractivity contribution in [2.24, 2.45) is 0 Å². The molecule has 0 aliphatic carbocycles. The molecule has 1 N–H and O–H groups in total. The van der Waals surface area contributed by atoms with Gasteiger partial charge >= 0.3 is 81.2 Å².